The number of hydrogen-bond donors (Lipinski definition) is 1. The number of halogens is 1. The van der Waals surface area contributed by atoms with E-state index < -0.39 is 0 Å². The fourth-order valence-electron chi connectivity index (χ4n) is 0.882. The van der Waals surface area contributed by atoms with E-state index in [4.69, 9.17) is 11.0 Å². The number of rotatable bonds is 3. The molecule has 0 spiro atoms. The molecule has 0 saturated carbocycles. The molecule has 5 heteroatoms. The summed E-state index contributed by atoms with van der Waals surface area (Å²) in [6, 6.07) is 7.45. The van der Waals surface area contributed by atoms with Gasteiger partial charge in [-0.25, -0.2) is 0 Å². The number of carbonyl (C=O) groups is 1. The summed E-state index contributed by atoms with van der Waals surface area (Å²) in [6.45, 7) is 0. The lowest BCUT2D eigenvalue weighted by Crippen LogP contribution is -2.13. The second-order valence-electron chi connectivity index (χ2n) is 2.48. The van der Waals surface area contributed by atoms with Crippen molar-refractivity contribution < 1.29 is 4.79 Å². The molecular formula is C9H7BrN2OS. The van der Waals surface area contributed by atoms with Crippen LogP contribution in [0.15, 0.2) is 27.6 Å². The van der Waals surface area contributed by atoms with Crippen molar-refractivity contribution >= 4 is 33.6 Å². The highest BCUT2D eigenvalue weighted by molar-refractivity contribution is 9.10. The van der Waals surface area contributed by atoms with E-state index in [1.165, 1.54) is 11.8 Å². The summed E-state index contributed by atoms with van der Waals surface area (Å²) in [4.78, 5) is 11.3. The Bertz CT molecular complexity index is 400. The maximum Gasteiger partial charge on any atom is 0.227 e. The van der Waals surface area contributed by atoms with Crippen molar-refractivity contribution in [3.05, 3.63) is 28.2 Å². The van der Waals surface area contributed by atoms with Crippen molar-refractivity contribution in [1.82, 2.24) is 0 Å². The molecule has 0 bridgehead atoms. The lowest BCUT2D eigenvalue weighted by Gasteiger charge is -2.02. The molecular weight excluding hydrogens is 264 g/mol. The molecule has 1 rings (SSSR count). The zero-order valence-electron chi connectivity index (χ0n) is 7.16. The number of hydrogen-bond acceptors (Lipinski definition) is 3. The highest BCUT2D eigenvalue weighted by Crippen LogP contribution is 2.27. The standard InChI is InChI=1S/C9H7BrN2OS/c10-7-2-1-3-8(6(7)4-11)14-5-9(12)13/h1-3H,5H2,(H2,12,13). The molecule has 2 N–H and O–H groups in total. The van der Waals surface area contributed by atoms with Crippen molar-refractivity contribution in [2.75, 3.05) is 5.75 Å². The summed E-state index contributed by atoms with van der Waals surface area (Å²) >= 11 is 4.53. The molecule has 72 valence electrons. The normalized spacial score (nSPS) is 9.43. The van der Waals surface area contributed by atoms with E-state index >= 15 is 0 Å². The van der Waals surface area contributed by atoms with Crippen molar-refractivity contribution in [3.8, 4) is 6.07 Å². The molecule has 1 aromatic carbocycles. The van der Waals surface area contributed by atoms with Crippen LogP contribution >= 0.6 is 27.7 Å². The van der Waals surface area contributed by atoms with Gasteiger partial charge in [-0.1, -0.05) is 6.07 Å². The van der Waals surface area contributed by atoms with Crippen LogP contribution in [0.2, 0.25) is 0 Å². The van der Waals surface area contributed by atoms with E-state index in [1.807, 2.05) is 6.07 Å². The van der Waals surface area contributed by atoms with Gasteiger partial charge in [0.25, 0.3) is 0 Å². The monoisotopic (exact) mass is 270 g/mol. The molecule has 0 atom stereocenters. The second kappa shape index (κ2) is 5.03. The summed E-state index contributed by atoms with van der Waals surface area (Å²) in [5.74, 6) is -0.204. The Morgan fingerprint density at radius 3 is 2.93 bits per heavy atom. The van der Waals surface area contributed by atoms with E-state index in [-0.39, 0.29) is 11.7 Å². The second-order valence-corrected chi connectivity index (χ2v) is 4.35. The van der Waals surface area contributed by atoms with Gasteiger partial charge >= 0.3 is 0 Å². The van der Waals surface area contributed by atoms with Crippen LogP contribution in [0.4, 0.5) is 0 Å². The van der Waals surface area contributed by atoms with Gasteiger partial charge in [0.1, 0.15) is 6.07 Å². The predicted octanol–water partition coefficient (Wildman–Crippen LogP) is 1.90. The van der Waals surface area contributed by atoms with Gasteiger partial charge in [0, 0.05) is 9.37 Å². The fourth-order valence-corrected chi connectivity index (χ4v) is 2.24. The van der Waals surface area contributed by atoms with Crippen molar-refractivity contribution in [2.45, 2.75) is 4.90 Å². The fraction of sp³-hybridized carbons (Fsp3) is 0.111. The number of amides is 1. The summed E-state index contributed by atoms with van der Waals surface area (Å²) in [5, 5.41) is 8.85. The van der Waals surface area contributed by atoms with E-state index in [1.54, 1.807) is 12.1 Å². The molecule has 0 radical (unpaired) electrons. The van der Waals surface area contributed by atoms with Crippen LogP contribution in [0.1, 0.15) is 5.56 Å². The maximum absolute atomic E-state index is 10.6. The molecule has 0 heterocycles. The van der Waals surface area contributed by atoms with Crippen molar-refractivity contribution in [1.29, 1.82) is 5.26 Å². The predicted molar refractivity (Wildman–Crippen MR) is 58.8 cm³/mol. The molecule has 14 heavy (non-hydrogen) atoms. The average Bonchev–Trinajstić information content (AvgIpc) is 2.14. The van der Waals surface area contributed by atoms with Gasteiger partial charge in [-0.05, 0) is 28.1 Å². The highest BCUT2D eigenvalue weighted by atomic mass is 79.9. The molecule has 0 saturated heterocycles. The minimum Gasteiger partial charge on any atom is -0.369 e. The molecule has 0 fully saturated rings. The largest absolute Gasteiger partial charge is 0.369 e. The lowest BCUT2D eigenvalue weighted by atomic mass is 10.2. The van der Waals surface area contributed by atoms with Gasteiger partial charge in [-0.2, -0.15) is 5.26 Å². The number of nitriles is 1. The Kier molecular flexibility index (Phi) is 3.98. The van der Waals surface area contributed by atoms with Gasteiger partial charge in [0.05, 0.1) is 11.3 Å². The van der Waals surface area contributed by atoms with E-state index in [0.717, 1.165) is 9.37 Å². The van der Waals surface area contributed by atoms with E-state index in [9.17, 15) is 4.79 Å². The van der Waals surface area contributed by atoms with E-state index in [2.05, 4.69) is 22.0 Å². The summed E-state index contributed by atoms with van der Waals surface area (Å²) in [6.07, 6.45) is 0. The minimum absolute atomic E-state index is 0.186. The number of carbonyl (C=O) groups excluding carboxylic acids is 1. The summed E-state index contributed by atoms with van der Waals surface area (Å²) in [5.41, 5.74) is 5.56. The Labute approximate surface area is 94.4 Å². The molecule has 0 aliphatic carbocycles. The van der Waals surface area contributed by atoms with Crippen molar-refractivity contribution in [2.24, 2.45) is 5.73 Å². The van der Waals surface area contributed by atoms with E-state index in [0.29, 0.717) is 5.56 Å². The van der Waals surface area contributed by atoms with Crippen LogP contribution in [-0.2, 0) is 4.79 Å². The first-order valence-corrected chi connectivity index (χ1v) is 5.52. The molecule has 1 amide bonds. The highest BCUT2D eigenvalue weighted by Gasteiger charge is 2.07. The topological polar surface area (TPSA) is 66.9 Å². The van der Waals surface area contributed by atoms with Gasteiger partial charge in [0.2, 0.25) is 5.91 Å². The first-order chi connectivity index (χ1) is 6.65. The number of nitrogens with two attached hydrogens (primary N) is 1. The molecule has 0 aliphatic heterocycles. The number of benzene rings is 1. The first-order valence-electron chi connectivity index (χ1n) is 3.75. The van der Waals surface area contributed by atoms with Gasteiger partial charge in [0.15, 0.2) is 0 Å². The van der Waals surface area contributed by atoms with Gasteiger partial charge < -0.3 is 5.73 Å². The van der Waals surface area contributed by atoms with Gasteiger partial charge in [-0.3, -0.25) is 4.79 Å². The number of nitrogens with zero attached hydrogens (tertiary/aromatic N) is 1. The Hall–Kier alpha value is -0.990. The minimum atomic E-state index is -0.390. The van der Waals surface area contributed by atoms with Crippen LogP contribution in [0, 0.1) is 11.3 Å². The van der Waals surface area contributed by atoms with Crippen LogP contribution in [0.3, 0.4) is 0 Å². The third kappa shape index (κ3) is 2.76. The average molecular weight is 271 g/mol. The summed E-state index contributed by atoms with van der Waals surface area (Å²) in [7, 11) is 0. The Balaban J connectivity index is 2.92. The number of primary amides is 1. The molecule has 0 aromatic heterocycles. The Morgan fingerprint density at radius 2 is 2.36 bits per heavy atom. The van der Waals surface area contributed by atoms with Crippen LogP contribution < -0.4 is 5.73 Å². The quantitative estimate of drug-likeness (QED) is 0.854. The SMILES string of the molecule is N#Cc1c(Br)cccc1SCC(N)=O. The van der Waals surface area contributed by atoms with Crippen molar-refractivity contribution in [3.63, 3.8) is 0 Å². The summed E-state index contributed by atoms with van der Waals surface area (Å²) < 4.78 is 0.731. The zero-order chi connectivity index (χ0) is 10.6. The Morgan fingerprint density at radius 1 is 1.64 bits per heavy atom. The third-order valence-corrected chi connectivity index (χ3v) is 3.20. The molecule has 3 nitrogen and oxygen atoms in total. The molecule has 0 unspecified atom stereocenters. The van der Waals surface area contributed by atoms with Crippen LogP contribution in [0.5, 0.6) is 0 Å². The smallest absolute Gasteiger partial charge is 0.227 e. The molecule has 1 aromatic rings. The van der Waals surface area contributed by atoms with Crippen LogP contribution in [0.25, 0.3) is 0 Å². The zero-order valence-corrected chi connectivity index (χ0v) is 9.56. The first kappa shape index (κ1) is 11.1. The molecule has 0 aliphatic rings. The maximum atomic E-state index is 10.6. The van der Waals surface area contributed by atoms with Crippen LogP contribution in [-0.4, -0.2) is 11.7 Å². The lowest BCUT2D eigenvalue weighted by molar-refractivity contribution is -0.115. The number of thioether (sulfide) groups is 1. The van der Waals surface area contributed by atoms with Gasteiger partial charge in [-0.15, -0.1) is 11.8 Å². The third-order valence-electron chi connectivity index (χ3n) is 1.46.